The second-order valence-electron chi connectivity index (χ2n) is 11.4. The molecule has 5 rings (SSSR count). The molecule has 3 heteroatoms. The zero-order valence-electron chi connectivity index (χ0n) is 18.1. The molecule has 1 aromatic rings. The van der Waals surface area contributed by atoms with Gasteiger partial charge in [-0.05, 0) is 103 Å². The molecule has 29 heavy (non-hydrogen) atoms. The smallest absolute Gasteiger partial charge is 0.133 e. The van der Waals surface area contributed by atoms with Crippen molar-refractivity contribution in [2.45, 2.75) is 84.0 Å². The number of carbonyl (C=O) groups excluding carboxylic acids is 1. The van der Waals surface area contributed by atoms with Gasteiger partial charge < -0.3 is 0 Å². The highest BCUT2D eigenvalue weighted by atomic mass is 19.1. The van der Waals surface area contributed by atoms with Crippen LogP contribution in [0.2, 0.25) is 0 Å². The Morgan fingerprint density at radius 1 is 0.862 bits per heavy atom. The minimum absolute atomic E-state index is 0.0854. The van der Waals surface area contributed by atoms with Gasteiger partial charge in [0.1, 0.15) is 17.4 Å². The van der Waals surface area contributed by atoms with Crippen LogP contribution in [0.1, 0.15) is 84.1 Å². The van der Waals surface area contributed by atoms with Gasteiger partial charge in [0, 0.05) is 18.9 Å². The maximum Gasteiger partial charge on any atom is 0.133 e. The molecule has 0 heterocycles. The number of halogens is 2. The van der Waals surface area contributed by atoms with Crippen molar-refractivity contribution in [3.05, 3.63) is 35.4 Å². The van der Waals surface area contributed by atoms with E-state index in [9.17, 15) is 13.6 Å². The molecule has 0 aromatic heterocycles. The van der Waals surface area contributed by atoms with Crippen molar-refractivity contribution in [3.8, 4) is 0 Å². The van der Waals surface area contributed by atoms with Crippen LogP contribution in [-0.4, -0.2) is 5.78 Å². The van der Waals surface area contributed by atoms with Crippen LogP contribution in [0.4, 0.5) is 8.78 Å². The van der Waals surface area contributed by atoms with E-state index >= 15 is 0 Å². The van der Waals surface area contributed by atoms with Gasteiger partial charge in [0.05, 0.1) is 0 Å². The molecule has 0 amide bonds. The second kappa shape index (κ2) is 6.37. The molecule has 0 radical (unpaired) electrons. The third-order valence-corrected chi connectivity index (χ3v) is 10.6. The van der Waals surface area contributed by atoms with Crippen molar-refractivity contribution in [1.82, 2.24) is 0 Å². The molecule has 4 fully saturated rings. The maximum absolute atomic E-state index is 14.1. The summed E-state index contributed by atoms with van der Waals surface area (Å²) in [5.74, 6) is 2.15. The van der Waals surface area contributed by atoms with Gasteiger partial charge in [-0.25, -0.2) is 8.78 Å². The lowest BCUT2D eigenvalue weighted by molar-refractivity contribution is -0.140. The molecule has 1 nitrogen and oxygen atoms in total. The Balaban J connectivity index is 1.49. The maximum atomic E-state index is 14.1. The second-order valence-corrected chi connectivity index (χ2v) is 11.4. The van der Waals surface area contributed by atoms with E-state index in [4.69, 9.17) is 0 Å². The summed E-state index contributed by atoms with van der Waals surface area (Å²) in [6.45, 7) is 7.14. The van der Waals surface area contributed by atoms with E-state index in [1.165, 1.54) is 19.3 Å². The molecule has 0 saturated heterocycles. The van der Waals surface area contributed by atoms with Crippen molar-refractivity contribution in [2.75, 3.05) is 0 Å². The van der Waals surface area contributed by atoms with Gasteiger partial charge in [0.15, 0.2) is 0 Å². The van der Waals surface area contributed by atoms with Crippen molar-refractivity contribution in [2.24, 2.45) is 34.5 Å². The van der Waals surface area contributed by atoms with E-state index in [0.29, 0.717) is 34.9 Å². The van der Waals surface area contributed by atoms with Gasteiger partial charge >= 0.3 is 0 Å². The van der Waals surface area contributed by atoms with Crippen LogP contribution in [0.5, 0.6) is 0 Å². The van der Waals surface area contributed by atoms with Gasteiger partial charge in [-0.15, -0.1) is 0 Å². The lowest BCUT2D eigenvalue weighted by atomic mass is 9.43. The minimum atomic E-state index is -0.457. The van der Waals surface area contributed by atoms with Crippen LogP contribution in [0.3, 0.4) is 0 Å². The van der Waals surface area contributed by atoms with Crippen LogP contribution in [0.15, 0.2) is 18.2 Å². The van der Waals surface area contributed by atoms with Gasteiger partial charge in [-0.3, -0.25) is 4.79 Å². The van der Waals surface area contributed by atoms with Gasteiger partial charge in [0.25, 0.3) is 0 Å². The molecular formula is C26H34F2O. The first-order chi connectivity index (χ1) is 13.7. The Morgan fingerprint density at radius 3 is 2.28 bits per heavy atom. The average Bonchev–Trinajstić information content (AvgIpc) is 2.94. The fourth-order valence-electron chi connectivity index (χ4n) is 8.66. The Labute approximate surface area is 173 Å². The highest BCUT2D eigenvalue weighted by Crippen LogP contribution is 2.70. The summed E-state index contributed by atoms with van der Waals surface area (Å²) in [7, 11) is 0. The Hall–Kier alpha value is -1.25. The summed E-state index contributed by atoms with van der Waals surface area (Å²) in [5.41, 5.74) is 1.07. The van der Waals surface area contributed by atoms with Crippen LogP contribution in [-0.2, 0) is 10.2 Å². The predicted octanol–water partition coefficient (Wildman–Crippen LogP) is 6.83. The minimum Gasteiger partial charge on any atom is -0.300 e. The van der Waals surface area contributed by atoms with Crippen molar-refractivity contribution < 1.29 is 13.6 Å². The molecule has 0 spiro atoms. The number of benzene rings is 1. The molecule has 0 N–H and O–H groups in total. The summed E-state index contributed by atoms with van der Waals surface area (Å²) in [4.78, 5) is 12.1. The molecule has 0 bridgehead atoms. The average molecular weight is 401 g/mol. The lowest BCUT2D eigenvalue weighted by Crippen LogP contribution is -2.55. The van der Waals surface area contributed by atoms with Crippen LogP contribution < -0.4 is 0 Å². The number of fused-ring (bicyclic) bond motifs is 5. The number of ketones is 1. The van der Waals surface area contributed by atoms with E-state index in [1.54, 1.807) is 12.1 Å². The normalized spacial score (nSPS) is 46.7. The monoisotopic (exact) mass is 400 g/mol. The Morgan fingerprint density at radius 2 is 1.55 bits per heavy atom. The van der Waals surface area contributed by atoms with Crippen molar-refractivity contribution in [3.63, 3.8) is 0 Å². The van der Waals surface area contributed by atoms with Crippen LogP contribution in [0.25, 0.3) is 0 Å². The SMILES string of the molecule is C[C@]12CCC(=O)CC1CCC1[C@@H]2CC[C@@]2(C)[C@H]1CC[C@]2(C)c1cc(F)cc(F)c1. The highest BCUT2D eigenvalue weighted by Gasteiger charge is 2.63. The number of hydrogen-bond donors (Lipinski definition) is 0. The summed E-state index contributed by atoms with van der Waals surface area (Å²) < 4.78 is 28.1. The summed E-state index contributed by atoms with van der Waals surface area (Å²) in [5, 5.41) is 0. The van der Waals surface area contributed by atoms with E-state index in [2.05, 4.69) is 20.8 Å². The Kier molecular flexibility index (Phi) is 4.33. The van der Waals surface area contributed by atoms with Gasteiger partial charge in [-0.1, -0.05) is 20.8 Å². The topological polar surface area (TPSA) is 17.1 Å². The van der Waals surface area contributed by atoms with Crippen LogP contribution >= 0.6 is 0 Å². The van der Waals surface area contributed by atoms with Crippen molar-refractivity contribution in [1.29, 1.82) is 0 Å². The number of rotatable bonds is 1. The molecule has 158 valence electrons. The first-order valence-corrected chi connectivity index (χ1v) is 11.7. The number of hydrogen-bond acceptors (Lipinski definition) is 1. The molecule has 2 unspecified atom stereocenters. The van der Waals surface area contributed by atoms with Gasteiger partial charge in [-0.2, -0.15) is 0 Å². The first kappa shape index (κ1) is 19.7. The zero-order chi connectivity index (χ0) is 20.6. The third kappa shape index (κ3) is 2.64. The first-order valence-electron chi connectivity index (χ1n) is 11.7. The van der Waals surface area contributed by atoms with Crippen molar-refractivity contribution >= 4 is 5.78 Å². The summed E-state index contributed by atoms with van der Waals surface area (Å²) >= 11 is 0. The molecular weight excluding hydrogens is 366 g/mol. The molecule has 4 saturated carbocycles. The summed E-state index contributed by atoms with van der Waals surface area (Å²) in [6, 6.07) is 4.15. The number of carbonyl (C=O) groups is 1. The predicted molar refractivity (Wildman–Crippen MR) is 110 cm³/mol. The quantitative estimate of drug-likeness (QED) is 0.505. The Bertz CT molecular complexity index is 829. The largest absolute Gasteiger partial charge is 0.300 e. The lowest BCUT2D eigenvalue weighted by Gasteiger charge is -2.61. The zero-order valence-corrected chi connectivity index (χ0v) is 18.1. The van der Waals surface area contributed by atoms with E-state index < -0.39 is 11.6 Å². The molecule has 0 aliphatic heterocycles. The standard InChI is InChI=1S/C26H34F2O/c1-24-9-6-20(29)14-16(24)4-5-21-22(24)7-11-26(3)23(21)8-10-25(26,2)17-12-18(27)15-19(28)13-17/h12-13,15-16,21-23H,4-11,14H2,1-3H3/t16?,21?,22-,23-,24-,25+,26-/m0/s1. The van der Waals surface area contributed by atoms with E-state index in [1.807, 2.05) is 0 Å². The fraction of sp³-hybridized carbons (Fsp3) is 0.731. The van der Waals surface area contributed by atoms with E-state index in [0.717, 1.165) is 50.2 Å². The van der Waals surface area contributed by atoms with Gasteiger partial charge in [0.2, 0.25) is 0 Å². The van der Waals surface area contributed by atoms with E-state index in [-0.39, 0.29) is 10.8 Å². The highest BCUT2D eigenvalue weighted by molar-refractivity contribution is 5.79. The van der Waals surface area contributed by atoms with Crippen LogP contribution in [0, 0.1) is 46.1 Å². The summed E-state index contributed by atoms with van der Waals surface area (Å²) in [6.07, 6.45) is 9.53. The number of Topliss-reactive ketones (excluding diaryl/α,β-unsaturated/α-hetero) is 1. The molecule has 7 atom stereocenters. The molecule has 1 aromatic carbocycles. The molecule has 4 aliphatic carbocycles. The third-order valence-electron chi connectivity index (χ3n) is 10.6. The fourth-order valence-corrected chi connectivity index (χ4v) is 8.66. The molecule has 4 aliphatic rings.